The van der Waals surface area contributed by atoms with E-state index in [4.69, 9.17) is 0 Å². The minimum atomic E-state index is -1.15. The molecule has 2 N–H and O–H groups in total. The van der Waals surface area contributed by atoms with Gasteiger partial charge in [-0.2, -0.15) is 0 Å². The quantitative estimate of drug-likeness (QED) is 0.558. The lowest BCUT2D eigenvalue weighted by Gasteiger charge is -2.42. The summed E-state index contributed by atoms with van der Waals surface area (Å²) < 4.78 is 0. The van der Waals surface area contributed by atoms with Gasteiger partial charge in [-0.15, -0.1) is 0 Å². The molecule has 0 aromatic heterocycles. The summed E-state index contributed by atoms with van der Waals surface area (Å²) in [5.74, 6) is 0.639. The van der Waals surface area contributed by atoms with Crippen LogP contribution in [-0.4, -0.2) is 10.2 Å². The van der Waals surface area contributed by atoms with E-state index in [2.05, 4.69) is 12.2 Å². The van der Waals surface area contributed by atoms with E-state index in [0.717, 1.165) is 41.5 Å². The van der Waals surface area contributed by atoms with Crippen LogP contribution in [0.1, 0.15) is 41.5 Å². The Morgan fingerprint density at radius 2 is 0.935 bits per heavy atom. The highest BCUT2D eigenvalue weighted by Gasteiger charge is 2.58. The first kappa shape index (κ1) is 19.0. The number of rotatable bonds is 2. The van der Waals surface area contributed by atoms with E-state index in [0.29, 0.717) is 11.8 Å². The van der Waals surface area contributed by atoms with Crippen LogP contribution in [-0.2, 0) is 11.2 Å². The van der Waals surface area contributed by atoms with Crippen molar-refractivity contribution in [3.63, 3.8) is 0 Å². The van der Waals surface area contributed by atoms with Crippen LogP contribution in [0.5, 0.6) is 0 Å². The fourth-order valence-electron chi connectivity index (χ4n) is 6.79. The Hall–Kier alpha value is -2.68. The first-order valence-electron chi connectivity index (χ1n) is 11.5. The number of fused-ring (bicyclic) bond motifs is 2. The number of hydrogen-bond donors (Lipinski definition) is 2. The molecule has 0 saturated heterocycles. The predicted molar refractivity (Wildman–Crippen MR) is 122 cm³/mol. The average Bonchev–Trinajstić information content (AvgIpc) is 3.19. The molecule has 31 heavy (non-hydrogen) atoms. The molecule has 0 amide bonds. The number of hydrogen-bond acceptors (Lipinski definition) is 2. The van der Waals surface area contributed by atoms with Gasteiger partial charge in [0.2, 0.25) is 0 Å². The zero-order valence-electron chi connectivity index (χ0n) is 17.6. The normalized spacial score (nSPS) is 35.8. The first-order valence-corrected chi connectivity index (χ1v) is 11.5. The third-order valence-corrected chi connectivity index (χ3v) is 8.23. The molecule has 3 aromatic carbocycles. The predicted octanol–water partition coefficient (Wildman–Crippen LogP) is 5.39. The number of allylic oxidation sites excluding steroid dienone is 2. The minimum Gasteiger partial charge on any atom is -0.380 e. The Balaban J connectivity index is 1.71. The van der Waals surface area contributed by atoms with E-state index >= 15 is 0 Å². The molecular formula is C29H28O2. The molecule has 2 heteroatoms. The van der Waals surface area contributed by atoms with E-state index in [-0.39, 0.29) is 11.8 Å². The van der Waals surface area contributed by atoms with Crippen molar-refractivity contribution in [3.05, 3.63) is 119 Å². The first-order chi connectivity index (χ1) is 15.1. The van der Waals surface area contributed by atoms with Crippen molar-refractivity contribution in [1.29, 1.82) is 0 Å². The van der Waals surface area contributed by atoms with Crippen LogP contribution in [0.3, 0.4) is 0 Å². The molecule has 0 heterocycles. The van der Waals surface area contributed by atoms with Crippen LogP contribution in [0, 0.1) is 23.7 Å². The molecule has 2 unspecified atom stereocenters. The fourth-order valence-corrected chi connectivity index (χ4v) is 6.79. The van der Waals surface area contributed by atoms with Crippen LogP contribution in [0.15, 0.2) is 97.1 Å². The van der Waals surface area contributed by atoms with Gasteiger partial charge in [0, 0.05) is 11.8 Å². The summed E-state index contributed by atoms with van der Waals surface area (Å²) in [5, 5.41) is 25.3. The van der Waals surface area contributed by atoms with E-state index in [1.54, 1.807) is 0 Å². The van der Waals surface area contributed by atoms with Crippen molar-refractivity contribution < 1.29 is 10.2 Å². The van der Waals surface area contributed by atoms with Gasteiger partial charge in [-0.3, -0.25) is 0 Å². The van der Waals surface area contributed by atoms with Crippen molar-refractivity contribution in [2.24, 2.45) is 23.7 Å². The monoisotopic (exact) mass is 408 g/mol. The number of benzene rings is 3. The molecule has 6 atom stereocenters. The maximum Gasteiger partial charge on any atom is 0.118 e. The summed E-state index contributed by atoms with van der Waals surface area (Å²) in [6, 6.07) is 28.2. The molecular weight excluding hydrogens is 380 g/mol. The molecule has 0 radical (unpaired) electrons. The van der Waals surface area contributed by atoms with Gasteiger partial charge in [0.25, 0.3) is 0 Å². The summed E-state index contributed by atoms with van der Waals surface area (Å²) in [7, 11) is 0. The summed E-state index contributed by atoms with van der Waals surface area (Å²) in [6.07, 6.45) is 7.56. The van der Waals surface area contributed by atoms with Gasteiger partial charge in [0.1, 0.15) is 11.2 Å². The molecule has 4 aliphatic rings. The third kappa shape index (κ3) is 2.58. The summed E-state index contributed by atoms with van der Waals surface area (Å²) >= 11 is 0. The molecule has 2 nitrogen and oxygen atoms in total. The van der Waals surface area contributed by atoms with Crippen molar-refractivity contribution in [2.45, 2.75) is 30.5 Å². The highest BCUT2D eigenvalue weighted by Crippen LogP contribution is 2.60. The fraction of sp³-hybridized carbons (Fsp3) is 0.310. The third-order valence-electron chi connectivity index (χ3n) is 8.23. The Bertz CT molecular complexity index is 1030. The molecule has 1 saturated carbocycles. The lowest BCUT2D eigenvalue weighted by Crippen LogP contribution is -2.41. The minimum absolute atomic E-state index is 0.0162. The van der Waals surface area contributed by atoms with Crippen LogP contribution >= 0.6 is 0 Å². The summed E-state index contributed by atoms with van der Waals surface area (Å²) in [6.45, 7) is 0. The second-order valence-electron chi connectivity index (χ2n) is 9.55. The van der Waals surface area contributed by atoms with Crippen LogP contribution < -0.4 is 0 Å². The lowest BCUT2D eigenvalue weighted by atomic mass is 9.67. The zero-order valence-corrected chi connectivity index (χ0v) is 17.6. The molecule has 0 aliphatic heterocycles. The van der Waals surface area contributed by atoms with Gasteiger partial charge in [-0.25, -0.2) is 0 Å². The summed E-state index contributed by atoms with van der Waals surface area (Å²) in [4.78, 5) is 0. The zero-order chi connectivity index (χ0) is 21.1. The van der Waals surface area contributed by atoms with Gasteiger partial charge in [-0.05, 0) is 53.4 Å². The topological polar surface area (TPSA) is 40.5 Å². The van der Waals surface area contributed by atoms with Crippen molar-refractivity contribution in [3.8, 4) is 0 Å². The van der Waals surface area contributed by atoms with Crippen LogP contribution in [0.2, 0.25) is 0 Å². The van der Waals surface area contributed by atoms with Gasteiger partial charge in [0.15, 0.2) is 0 Å². The second-order valence-corrected chi connectivity index (χ2v) is 9.55. The maximum atomic E-state index is 12.7. The van der Waals surface area contributed by atoms with Gasteiger partial charge < -0.3 is 10.2 Å². The van der Waals surface area contributed by atoms with E-state index in [1.807, 2.05) is 84.9 Å². The average molecular weight is 409 g/mol. The van der Waals surface area contributed by atoms with E-state index in [9.17, 15) is 10.2 Å². The highest BCUT2D eigenvalue weighted by molar-refractivity contribution is 5.51. The number of aliphatic hydroxyl groups is 2. The Kier molecular flexibility index (Phi) is 4.25. The van der Waals surface area contributed by atoms with Crippen molar-refractivity contribution in [2.75, 3.05) is 0 Å². The molecule has 3 aromatic rings. The SMILES string of the molecule is O[C@]1(c2ccccc2)c2ccccc2[C@@](O)(c2ccccc2)[C@H]2C[C@@H]1C1C=CC2CC1. The molecule has 1 fully saturated rings. The van der Waals surface area contributed by atoms with Crippen molar-refractivity contribution in [1.82, 2.24) is 0 Å². The van der Waals surface area contributed by atoms with E-state index in [1.165, 1.54) is 0 Å². The summed E-state index contributed by atoms with van der Waals surface area (Å²) in [5.41, 5.74) is 1.24. The Morgan fingerprint density at radius 1 is 0.548 bits per heavy atom. The van der Waals surface area contributed by atoms with Crippen LogP contribution in [0.25, 0.3) is 0 Å². The van der Waals surface area contributed by atoms with Gasteiger partial charge in [-0.1, -0.05) is 97.1 Å². The highest BCUT2D eigenvalue weighted by atomic mass is 16.3. The maximum absolute atomic E-state index is 12.7. The Morgan fingerprint density at radius 3 is 1.32 bits per heavy atom. The molecule has 4 bridgehead atoms. The Labute approximate surface area is 183 Å². The molecule has 156 valence electrons. The smallest absolute Gasteiger partial charge is 0.118 e. The molecule has 7 rings (SSSR count). The largest absolute Gasteiger partial charge is 0.380 e. The van der Waals surface area contributed by atoms with Gasteiger partial charge >= 0.3 is 0 Å². The van der Waals surface area contributed by atoms with Crippen molar-refractivity contribution >= 4 is 0 Å². The lowest BCUT2D eigenvalue weighted by molar-refractivity contribution is -0.0259. The van der Waals surface area contributed by atoms with E-state index < -0.39 is 11.2 Å². The standard InChI is InChI=1S/C29H28O2/c30-28(22-9-3-1-4-10-22)24-13-7-8-14-25(24)29(31,23-11-5-2-6-12-23)27-19-26(28)20-15-17-21(27)18-16-20/h1-15,17,20-21,26-27,30-31H,16,18-19H2/t20?,21?,26-,27+,28-,29+. The molecule has 4 aliphatic carbocycles. The van der Waals surface area contributed by atoms with Gasteiger partial charge in [0.05, 0.1) is 0 Å². The molecule has 0 spiro atoms. The second kappa shape index (κ2) is 6.91. The van der Waals surface area contributed by atoms with Crippen LogP contribution in [0.4, 0.5) is 0 Å².